The summed E-state index contributed by atoms with van der Waals surface area (Å²) in [4.78, 5) is 37.5. The van der Waals surface area contributed by atoms with Crippen molar-refractivity contribution in [1.82, 2.24) is 35.2 Å². The molecular formula is C24H35N7O3. The number of aryl methyl sites for hydroxylation is 1. The minimum atomic E-state index is -0.847. The average molecular weight is 470 g/mol. The minimum Gasteiger partial charge on any atom is -0.391 e. The van der Waals surface area contributed by atoms with Gasteiger partial charge in [-0.3, -0.25) is 9.59 Å². The predicted octanol–water partition coefficient (Wildman–Crippen LogP) is 1.85. The Morgan fingerprint density at radius 3 is 2.53 bits per heavy atom. The van der Waals surface area contributed by atoms with Crippen LogP contribution in [0.5, 0.6) is 0 Å². The third-order valence-electron chi connectivity index (χ3n) is 6.50. The minimum absolute atomic E-state index is 0.0923. The van der Waals surface area contributed by atoms with Crippen molar-refractivity contribution >= 4 is 11.8 Å². The van der Waals surface area contributed by atoms with Gasteiger partial charge in [-0.1, -0.05) is 26.0 Å². The zero-order chi connectivity index (χ0) is 24.8. The van der Waals surface area contributed by atoms with Gasteiger partial charge in [0.2, 0.25) is 11.8 Å². The van der Waals surface area contributed by atoms with Crippen LogP contribution in [0.2, 0.25) is 0 Å². The van der Waals surface area contributed by atoms with Crippen LogP contribution in [0.1, 0.15) is 83.1 Å². The molecule has 2 fully saturated rings. The van der Waals surface area contributed by atoms with Gasteiger partial charge in [0.1, 0.15) is 12.1 Å². The van der Waals surface area contributed by atoms with Crippen molar-refractivity contribution in [3.8, 4) is 0 Å². The molecule has 10 heteroatoms. The van der Waals surface area contributed by atoms with E-state index in [9.17, 15) is 14.7 Å². The zero-order valence-corrected chi connectivity index (χ0v) is 20.8. The topological polar surface area (TPSA) is 126 Å². The van der Waals surface area contributed by atoms with E-state index in [0.717, 1.165) is 24.2 Å². The monoisotopic (exact) mass is 469 g/mol. The van der Waals surface area contributed by atoms with Crippen molar-refractivity contribution in [3.05, 3.63) is 35.7 Å². The predicted molar refractivity (Wildman–Crippen MR) is 125 cm³/mol. The number of aliphatic hydroxyl groups is 1. The first-order chi connectivity index (χ1) is 15.9. The molecule has 34 heavy (non-hydrogen) atoms. The molecule has 1 saturated carbocycles. The first-order valence-corrected chi connectivity index (χ1v) is 11.9. The van der Waals surface area contributed by atoms with Crippen molar-refractivity contribution in [2.75, 3.05) is 6.54 Å². The molecule has 0 radical (unpaired) electrons. The lowest BCUT2D eigenvalue weighted by Gasteiger charge is -2.35. The Morgan fingerprint density at radius 2 is 1.91 bits per heavy atom. The highest BCUT2D eigenvalue weighted by molar-refractivity contribution is 5.90. The third kappa shape index (κ3) is 4.96. The van der Waals surface area contributed by atoms with E-state index in [2.05, 4.69) is 25.6 Å². The summed E-state index contributed by atoms with van der Waals surface area (Å²) < 4.78 is 1.63. The van der Waals surface area contributed by atoms with Gasteiger partial charge < -0.3 is 15.3 Å². The SMILES string of the molecule is Cc1ccnc(C(C)(C)NC(=O)C2CC(O)CN2C(=O)[C@@H](n2cc(C3CC3)nn2)C(C)(C)C)n1. The molecule has 10 nitrogen and oxygen atoms in total. The molecule has 4 rings (SSSR count). The van der Waals surface area contributed by atoms with E-state index in [1.165, 1.54) is 4.90 Å². The maximum absolute atomic E-state index is 13.8. The molecule has 1 aliphatic carbocycles. The number of likely N-dealkylation sites (tertiary alicyclic amines) is 1. The summed E-state index contributed by atoms with van der Waals surface area (Å²) in [5.41, 5.74) is 0.374. The quantitative estimate of drug-likeness (QED) is 0.661. The van der Waals surface area contributed by atoms with Crippen molar-refractivity contribution in [1.29, 1.82) is 0 Å². The Bertz CT molecular complexity index is 1070. The van der Waals surface area contributed by atoms with Gasteiger partial charge in [-0.05, 0) is 45.1 Å². The fourth-order valence-corrected chi connectivity index (χ4v) is 4.52. The standard InChI is InChI=1S/C24H35N7O3/c1-14-9-10-25-22(26-14)24(5,6)27-20(33)18-11-16(32)12-30(18)21(34)19(23(2,3)4)31-13-17(28-29-31)15-7-8-15/h9-10,13,15-16,18-19,32H,7-8,11-12H2,1-6H3,(H,27,33)/t16?,18?,19-/m1/s1. The molecule has 2 aliphatic rings. The zero-order valence-electron chi connectivity index (χ0n) is 20.8. The number of carbonyl (C=O) groups is 2. The lowest BCUT2D eigenvalue weighted by molar-refractivity contribution is -0.144. The highest BCUT2D eigenvalue weighted by Gasteiger charge is 2.46. The van der Waals surface area contributed by atoms with Crippen LogP contribution in [0.3, 0.4) is 0 Å². The maximum Gasteiger partial charge on any atom is 0.248 e. The Kier molecular flexibility index (Phi) is 6.22. The van der Waals surface area contributed by atoms with E-state index in [4.69, 9.17) is 0 Å². The summed E-state index contributed by atoms with van der Waals surface area (Å²) in [7, 11) is 0. The number of carbonyl (C=O) groups excluding carboxylic acids is 2. The molecule has 2 aromatic heterocycles. The number of nitrogens with one attached hydrogen (secondary N) is 1. The van der Waals surface area contributed by atoms with Gasteiger partial charge in [-0.2, -0.15) is 0 Å². The Labute approximate surface area is 200 Å². The normalized spacial score (nSPS) is 22.0. The number of amides is 2. The van der Waals surface area contributed by atoms with Gasteiger partial charge in [-0.25, -0.2) is 14.6 Å². The Morgan fingerprint density at radius 1 is 1.21 bits per heavy atom. The number of hydrogen-bond donors (Lipinski definition) is 2. The molecule has 2 amide bonds. The van der Waals surface area contributed by atoms with Crippen LogP contribution in [0, 0.1) is 12.3 Å². The first kappa shape index (κ1) is 24.3. The molecule has 184 valence electrons. The second-order valence-electron chi connectivity index (χ2n) is 11.2. The maximum atomic E-state index is 13.8. The fraction of sp³-hybridized carbons (Fsp3) is 0.667. The van der Waals surface area contributed by atoms with Crippen molar-refractivity contribution < 1.29 is 14.7 Å². The summed E-state index contributed by atoms with van der Waals surface area (Å²) in [6.07, 6.45) is 5.08. The molecule has 2 unspecified atom stereocenters. The van der Waals surface area contributed by atoms with Crippen molar-refractivity contribution in [2.45, 2.75) is 90.4 Å². The smallest absolute Gasteiger partial charge is 0.248 e. The summed E-state index contributed by atoms with van der Waals surface area (Å²) >= 11 is 0. The van der Waals surface area contributed by atoms with Gasteiger partial charge >= 0.3 is 0 Å². The van der Waals surface area contributed by atoms with Gasteiger partial charge in [0.15, 0.2) is 5.82 Å². The Balaban J connectivity index is 1.57. The van der Waals surface area contributed by atoms with Crippen LogP contribution >= 0.6 is 0 Å². The molecule has 3 heterocycles. The molecule has 1 aliphatic heterocycles. The van der Waals surface area contributed by atoms with Crippen LogP contribution in [-0.2, 0) is 15.1 Å². The molecule has 0 bridgehead atoms. The molecular weight excluding hydrogens is 434 g/mol. The lowest BCUT2D eigenvalue weighted by Crippen LogP contribution is -2.53. The van der Waals surface area contributed by atoms with E-state index in [0.29, 0.717) is 11.7 Å². The van der Waals surface area contributed by atoms with E-state index in [1.807, 2.05) is 47.7 Å². The van der Waals surface area contributed by atoms with Crippen LogP contribution in [-0.4, -0.2) is 65.5 Å². The summed E-state index contributed by atoms with van der Waals surface area (Å²) in [6, 6.07) is 0.338. The number of hydrogen-bond acceptors (Lipinski definition) is 7. The van der Waals surface area contributed by atoms with Gasteiger partial charge in [0, 0.05) is 37.0 Å². The van der Waals surface area contributed by atoms with E-state index >= 15 is 0 Å². The van der Waals surface area contributed by atoms with E-state index in [1.54, 1.807) is 16.9 Å². The second-order valence-corrected chi connectivity index (χ2v) is 11.2. The largest absolute Gasteiger partial charge is 0.391 e. The second kappa shape index (κ2) is 8.72. The Hall–Kier alpha value is -2.88. The summed E-state index contributed by atoms with van der Waals surface area (Å²) in [5, 5.41) is 22.0. The number of aromatic nitrogens is 5. The first-order valence-electron chi connectivity index (χ1n) is 11.9. The highest BCUT2D eigenvalue weighted by Crippen LogP contribution is 2.40. The molecule has 3 atom stereocenters. The molecule has 1 saturated heterocycles. The number of nitrogens with zero attached hydrogens (tertiary/aromatic N) is 6. The van der Waals surface area contributed by atoms with Gasteiger partial charge in [-0.15, -0.1) is 5.10 Å². The molecule has 2 aromatic rings. The average Bonchev–Trinajstić information content (AvgIpc) is 3.34. The van der Waals surface area contributed by atoms with Gasteiger partial charge in [0.05, 0.1) is 17.3 Å². The van der Waals surface area contributed by atoms with Crippen molar-refractivity contribution in [2.24, 2.45) is 5.41 Å². The van der Waals surface area contributed by atoms with Crippen LogP contribution in [0.15, 0.2) is 18.5 Å². The number of β-amino-alcohol motifs (C(OH)–C–C–N with tert-alkyl or cyclic N) is 1. The lowest BCUT2D eigenvalue weighted by atomic mass is 9.85. The summed E-state index contributed by atoms with van der Waals surface area (Å²) in [6.45, 7) is 11.5. The third-order valence-corrected chi connectivity index (χ3v) is 6.50. The molecule has 0 spiro atoms. The van der Waals surface area contributed by atoms with Gasteiger partial charge in [0.25, 0.3) is 0 Å². The molecule has 0 aromatic carbocycles. The van der Waals surface area contributed by atoms with Crippen molar-refractivity contribution in [3.63, 3.8) is 0 Å². The fourth-order valence-electron chi connectivity index (χ4n) is 4.52. The van der Waals surface area contributed by atoms with Crippen LogP contribution < -0.4 is 5.32 Å². The van der Waals surface area contributed by atoms with E-state index in [-0.39, 0.29) is 24.8 Å². The number of rotatable bonds is 6. The number of aliphatic hydroxyl groups excluding tert-OH is 1. The highest BCUT2D eigenvalue weighted by atomic mass is 16.3. The summed E-state index contributed by atoms with van der Waals surface area (Å²) in [5.74, 6) is 0.314. The van der Waals surface area contributed by atoms with Crippen LogP contribution in [0.4, 0.5) is 0 Å². The molecule has 2 N–H and O–H groups in total. The van der Waals surface area contributed by atoms with E-state index < -0.39 is 29.1 Å². The van der Waals surface area contributed by atoms with Crippen LogP contribution in [0.25, 0.3) is 0 Å².